The van der Waals surface area contributed by atoms with E-state index in [1.165, 1.54) is 36.4 Å². The Kier molecular flexibility index (Phi) is 5.85. The predicted octanol–water partition coefficient (Wildman–Crippen LogP) is 2.56. The number of benzene rings is 2. The van der Waals surface area contributed by atoms with Gasteiger partial charge in [0.05, 0.1) is 4.92 Å². The minimum atomic E-state index is -0.705. The fourth-order valence-electron chi connectivity index (χ4n) is 2.41. The highest BCUT2D eigenvalue weighted by Crippen LogP contribution is 2.31. The molecule has 2 aromatic rings. The van der Waals surface area contributed by atoms with Crippen molar-refractivity contribution < 1.29 is 28.7 Å². The Bertz CT molecular complexity index is 940. The van der Waals surface area contributed by atoms with Gasteiger partial charge in [0.1, 0.15) is 13.2 Å². The first-order valence-corrected chi connectivity index (χ1v) is 8.30. The van der Waals surface area contributed by atoms with E-state index in [2.05, 4.69) is 5.32 Å². The van der Waals surface area contributed by atoms with Crippen molar-refractivity contribution in [3.05, 3.63) is 64.2 Å². The van der Waals surface area contributed by atoms with Gasteiger partial charge in [0.15, 0.2) is 18.1 Å². The fraction of sp³-hybridized carbons (Fsp3) is 0.158. The molecule has 1 N–H and O–H groups in total. The molecule has 0 fully saturated rings. The smallest absolute Gasteiger partial charge is 0.331 e. The lowest BCUT2D eigenvalue weighted by molar-refractivity contribution is -0.384. The fourth-order valence-corrected chi connectivity index (χ4v) is 2.41. The SMILES string of the molecule is O=C(COC(=O)/C=C/c1ccc2c(c1)OCCO2)Nc1cccc([N+](=O)[O-])c1. The highest BCUT2D eigenvalue weighted by atomic mass is 16.6. The van der Waals surface area contributed by atoms with E-state index in [1.807, 2.05) is 0 Å². The minimum Gasteiger partial charge on any atom is -0.486 e. The standard InChI is InChI=1S/C19H16N2O7/c22-18(20-14-2-1-3-15(11-14)21(24)25)12-28-19(23)7-5-13-4-6-16-17(10-13)27-9-8-26-16/h1-7,10-11H,8-9,12H2,(H,20,22)/b7-5+. The summed E-state index contributed by atoms with van der Waals surface area (Å²) in [5, 5.41) is 13.1. The number of non-ortho nitro benzene ring substituents is 1. The molecule has 28 heavy (non-hydrogen) atoms. The average Bonchev–Trinajstić information content (AvgIpc) is 2.70. The number of nitrogens with zero attached hydrogens (tertiary/aromatic N) is 1. The molecule has 0 saturated heterocycles. The van der Waals surface area contributed by atoms with Gasteiger partial charge in [-0.15, -0.1) is 0 Å². The van der Waals surface area contributed by atoms with Gasteiger partial charge >= 0.3 is 5.97 Å². The van der Waals surface area contributed by atoms with Crippen molar-refractivity contribution in [3.63, 3.8) is 0 Å². The van der Waals surface area contributed by atoms with Crippen LogP contribution in [0, 0.1) is 10.1 Å². The van der Waals surface area contributed by atoms with Crippen LogP contribution in [0.4, 0.5) is 11.4 Å². The first kappa shape index (κ1) is 18.9. The zero-order valence-electron chi connectivity index (χ0n) is 14.6. The monoisotopic (exact) mass is 384 g/mol. The van der Waals surface area contributed by atoms with Crippen LogP contribution in [0.2, 0.25) is 0 Å². The maximum Gasteiger partial charge on any atom is 0.331 e. The van der Waals surface area contributed by atoms with E-state index in [1.54, 1.807) is 18.2 Å². The number of nitro benzene ring substituents is 1. The molecule has 9 nitrogen and oxygen atoms in total. The second kappa shape index (κ2) is 8.67. The zero-order valence-corrected chi connectivity index (χ0v) is 14.6. The molecule has 1 amide bonds. The van der Waals surface area contributed by atoms with E-state index in [-0.39, 0.29) is 11.4 Å². The van der Waals surface area contributed by atoms with E-state index in [0.717, 1.165) is 0 Å². The third-order valence-electron chi connectivity index (χ3n) is 3.66. The number of hydrogen-bond acceptors (Lipinski definition) is 7. The van der Waals surface area contributed by atoms with E-state index in [4.69, 9.17) is 14.2 Å². The summed E-state index contributed by atoms with van der Waals surface area (Å²) < 4.78 is 15.7. The molecule has 1 heterocycles. The van der Waals surface area contributed by atoms with Crippen molar-refractivity contribution in [1.29, 1.82) is 0 Å². The Hall–Kier alpha value is -3.88. The lowest BCUT2D eigenvalue weighted by Crippen LogP contribution is -2.20. The van der Waals surface area contributed by atoms with Gasteiger partial charge in [0.25, 0.3) is 11.6 Å². The highest BCUT2D eigenvalue weighted by Gasteiger charge is 2.12. The third kappa shape index (κ3) is 5.07. The number of rotatable bonds is 6. The van der Waals surface area contributed by atoms with Crippen LogP contribution in [0.1, 0.15) is 5.56 Å². The molecule has 0 atom stereocenters. The molecular weight excluding hydrogens is 368 g/mol. The number of nitro groups is 1. The number of hydrogen-bond donors (Lipinski definition) is 1. The highest BCUT2D eigenvalue weighted by molar-refractivity contribution is 5.94. The lowest BCUT2D eigenvalue weighted by Gasteiger charge is -2.18. The topological polar surface area (TPSA) is 117 Å². The van der Waals surface area contributed by atoms with Crippen molar-refractivity contribution in [2.75, 3.05) is 25.1 Å². The van der Waals surface area contributed by atoms with Crippen LogP contribution in [0.5, 0.6) is 11.5 Å². The summed E-state index contributed by atoms with van der Waals surface area (Å²) in [7, 11) is 0. The molecule has 0 unspecified atom stereocenters. The van der Waals surface area contributed by atoms with Gasteiger partial charge in [-0.1, -0.05) is 12.1 Å². The van der Waals surface area contributed by atoms with Crippen LogP contribution in [-0.4, -0.2) is 36.6 Å². The summed E-state index contributed by atoms with van der Waals surface area (Å²) in [4.78, 5) is 33.7. The first-order chi connectivity index (χ1) is 13.5. The zero-order chi connectivity index (χ0) is 19.9. The maximum absolute atomic E-state index is 11.8. The van der Waals surface area contributed by atoms with Gasteiger partial charge in [-0.3, -0.25) is 14.9 Å². The summed E-state index contributed by atoms with van der Waals surface area (Å²) in [5.74, 6) is -0.0763. The Labute approximate surface area is 159 Å². The Morgan fingerprint density at radius 3 is 2.71 bits per heavy atom. The van der Waals surface area contributed by atoms with Crippen LogP contribution >= 0.6 is 0 Å². The molecule has 0 saturated carbocycles. The first-order valence-electron chi connectivity index (χ1n) is 8.30. The maximum atomic E-state index is 11.8. The minimum absolute atomic E-state index is 0.155. The number of amides is 1. The normalized spacial score (nSPS) is 12.4. The quantitative estimate of drug-likeness (QED) is 0.352. The second-order valence-corrected chi connectivity index (χ2v) is 5.70. The predicted molar refractivity (Wildman–Crippen MR) is 99.2 cm³/mol. The van der Waals surface area contributed by atoms with Crippen molar-refractivity contribution in [2.24, 2.45) is 0 Å². The molecule has 3 rings (SSSR count). The molecular formula is C19H16N2O7. The van der Waals surface area contributed by atoms with E-state index >= 15 is 0 Å². The Morgan fingerprint density at radius 2 is 1.93 bits per heavy atom. The van der Waals surface area contributed by atoms with Gasteiger partial charge in [0.2, 0.25) is 0 Å². The second-order valence-electron chi connectivity index (χ2n) is 5.70. The van der Waals surface area contributed by atoms with E-state index < -0.39 is 23.4 Å². The summed E-state index contributed by atoms with van der Waals surface area (Å²) in [5.41, 5.74) is 0.793. The van der Waals surface area contributed by atoms with Gasteiger partial charge in [-0.25, -0.2) is 4.79 Å². The average molecular weight is 384 g/mol. The van der Waals surface area contributed by atoms with Crippen LogP contribution in [-0.2, 0) is 14.3 Å². The van der Waals surface area contributed by atoms with Crippen molar-refractivity contribution in [1.82, 2.24) is 0 Å². The number of ether oxygens (including phenoxy) is 3. The van der Waals surface area contributed by atoms with Crippen molar-refractivity contribution >= 4 is 29.3 Å². The molecule has 0 spiro atoms. The molecule has 0 aromatic heterocycles. The van der Waals surface area contributed by atoms with Crippen molar-refractivity contribution in [3.8, 4) is 11.5 Å². The number of anilines is 1. The largest absolute Gasteiger partial charge is 0.486 e. The van der Waals surface area contributed by atoms with Gasteiger partial charge in [0, 0.05) is 23.9 Å². The molecule has 9 heteroatoms. The Balaban J connectivity index is 1.50. The van der Waals surface area contributed by atoms with E-state index in [0.29, 0.717) is 30.3 Å². The summed E-state index contributed by atoms with van der Waals surface area (Å²) in [6.07, 6.45) is 2.71. The molecule has 2 aromatic carbocycles. The lowest BCUT2D eigenvalue weighted by atomic mass is 10.2. The molecule has 0 bridgehead atoms. The van der Waals surface area contributed by atoms with Crippen LogP contribution in [0.15, 0.2) is 48.5 Å². The summed E-state index contributed by atoms with van der Waals surface area (Å²) in [6, 6.07) is 10.7. The summed E-state index contributed by atoms with van der Waals surface area (Å²) >= 11 is 0. The van der Waals surface area contributed by atoms with Crippen LogP contribution < -0.4 is 14.8 Å². The van der Waals surface area contributed by atoms with E-state index in [9.17, 15) is 19.7 Å². The van der Waals surface area contributed by atoms with Gasteiger partial charge < -0.3 is 19.5 Å². The number of carbonyl (C=O) groups is 2. The molecule has 1 aliphatic rings. The third-order valence-corrected chi connectivity index (χ3v) is 3.66. The van der Waals surface area contributed by atoms with Gasteiger partial charge in [-0.05, 0) is 29.8 Å². The molecule has 144 valence electrons. The van der Waals surface area contributed by atoms with Crippen LogP contribution in [0.3, 0.4) is 0 Å². The summed E-state index contributed by atoms with van der Waals surface area (Å²) in [6.45, 7) is 0.432. The van der Waals surface area contributed by atoms with Gasteiger partial charge in [-0.2, -0.15) is 0 Å². The van der Waals surface area contributed by atoms with Crippen LogP contribution in [0.25, 0.3) is 6.08 Å². The molecule has 0 aliphatic carbocycles. The molecule has 0 radical (unpaired) electrons. The number of esters is 1. The number of carbonyl (C=O) groups excluding carboxylic acids is 2. The van der Waals surface area contributed by atoms with Crippen molar-refractivity contribution in [2.45, 2.75) is 0 Å². The number of nitrogens with one attached hydrogen (secondary N) is 1. The number of fused-ring (bicyclic) bond motifs is 1. The molecule has 1 aliphatic heterocycles. The Morgan fingerprint density at radius 1 is 1.14 bits per heavy atom.